The first kappa shape index (κ1) is 16.9. The number of esters is 1. The van der Waals surface area contributed by atoms with E-state index < -0.39 is 12.0 Å². The van der Waals surface area contributed by atoms with E-state index in [-0.39, 0.29) is 12.1 Å². The Morgan fingerprint density at radius 1 is 1.45 bits per heavy atom. The van der Waals surface area contributed by atoms with E-state index in [4.69, 9.17) is 17.0 Å². The molecule has 0 spiro atoms. The van der Waals surface area contributed by atoms with Crippen molar-refractivity contribution in [3.8, 4) is 0 Å². The third-order valence-corrected chi connectivity index (χ3v) is 4.82. The molecule has 1 aliphatic rings. The van der Waals surface area contributed by atoms with E-state index in [2.05, 4.69) is 15.5 Å². The average Bonchev–Trinajstić information content (AvgIpc) is 2.92. The Bertz CT molecular complexity index is 580. The van der Waals surface area contributed by atoms with Crippen molar-refractivity contribution in [3.63, 3.8) is 0 Å². The number of aromatic nitrogens is 2. The van der Waals surface area contributed by atoms with Crippen molar-refractivity contribution in [2.75, 3.05) is 12.4 Å². The van der Waals surface area contributed by atoms with E-state index in [1.54, 1.807) is 11.8 Å². The number of amides is 2. The van der Waals surface area contributed by atoms with Crippen LogP contribution in [0.2, 0.25) is 0 Å². The van der Waals surface area contributed by atoms with Crippen molar-refractivity contribution in [3.05, 3.63) is 3.95 Å². The molecule has 22 heavy (non-hydrogen) atoms. The molecule has 1 aromatic rings. The molecular formula is C13H20N4O3S2. The predicted molar refractivity (Wildman–Crippen MR) is 86.5 cm³/mol. The van der Waals surface area contributed by atoms with Gasteiger partial charge >= 0.3 is 12.0 Å². The van der Waals surface area contributed by atoms with Crippen LogP contribution < -0.4 is 5.32 Å². The standard InChI is InChI=1S/C13H20N4O3S2/c1-8(10(18)20-2)17(9-6-4-3-5-7-9)12(19)14-11-15-16-13(21)22-11/h8-9H,3-7H2,1-2H3,(H,16,21)(H,14,15,19)/t8-/m0/s1. The molecule has 2 N–H and O–H groups in total. The predicted octanol–water partition coefficient (Wildman–Crippen LogP) is 2.93. The van der Waals surface area contributed by atoms with Gasteiger partial charge in [0.15, 0.2) is 3.95 Å². The van der Waals surface area contributed by atoms with Gasteiger partial charge in [-0.2, -0.15) is 0 Å². The van der Waals surface area contributed by atoms with Crippen molar-refractivity contribution in [1.82, 2.24) is 15.1 Å². The van der Waals surface area contributed by atoms with Gasteiger partial charge in [0.1, 0.15) is 6.04 Å². The minimum absolute atomic E-state index is 0.0368. The number of hydrogen-bond donors (Lipinski definition) is 2. The van der Waals surface area contributed by atoms with E-state index in [0.29, 0.717) is 9.09 Å². The van der Waals surface area contributed by atoms with Crippen LogP contribution in [0, 0.1) is 3.95 Å². The van der Waals surface area contributed by atoms with Crippen molar-refractivity contribution < 1.29 is 14.3 Å². The number of methoxy groups -OCH3 is 1. The van der Waals surface area contributed by atoms with Crippen LogP contribution in [-0.4, -0.2) is 46.3 Å². The third-order valence-electron chi connectivity index (χ3n) is 3.81. The second-order valence-corrected chi connectivity index (χ2v) is 6.91. The van der Waals surface area contributed by atoms with E-state index in [1.807, 2.05) is 0 Å². The summed E-state index contributed by atoms with van der Waals surface area (Å²) in [7, 11) is 1.33. The molecule has 1 aliphatic carbocycles. The minimum Gasteiger partial charge on any atom is -0.467 e. The first-order chi connectivity index (χ1) is 10.5. The molecule has 1 fully saturated rings. The van der Waals surface area contributed by atoms with E-state index in [9.17, 15) is 9.59 Å². The zero-order valence-electron chi connectivity index (χ0n) is 12.6. The minimum atomic E-state index is -0.639. The summed E-state index contributed by atoms with van der Waals surface area (Å²) in [6, 6.07) is -0.947. The molecule has 1 aromatic heterocycles. The number of carbonyl (C=O) groups excluding carboxylic acids is 2. The molecule has 9 heteroatoms. The number of urea groups is 1. The van der Waals surface area contributed by atoms with Crippen LogP contribution in [0.3, 0.4) is 0 Å². The molecule has 2 amide bonds. The summed E-state index contributed by atoms with van der Waals surface area (Å²) in [5.41, 5.74) is 0. The highest BCUT2D eigenvalue weighted by atomic mass is 32.1. The van der Waals surface area contributed by atoms with Gasteiger partial charge in [0.25, 0.3) is 0 Å². The van der Waals surface area contributed by atoms with Crippen LogP contribution in [0.25, 0.3) is 0 Å². The molecule has 1 atom stereocenters. The molecule has 122 valence electrons. The van der Waals surface area contributed by atoms with Gasteiger partial charge in [0.2, 0.25) is 5.13 Å². The quantitative estimate of drug-likeness (QED) is 0.648. The summed E-state index contributed by atoms with van der Waals surface area (Å²) in [6.45, 7) is 1.69. The Morgan fingerprint density at radius 3 is 2.68 bits per heavy atom. The Morgan fingerprint density at radius 2 is 2.14 bits per heavy atom. The normalized spacial score (nSPS) is 16.8. The van der Waals surface area contributed by atoms with Crippen molar-refractivity contribution in [1.29, 1.82) is 0 Å². The number of hydrogen-bond acceptors (Lipinski definition) is 6. The van der Waals surface area contributed by atoms with Gasteiger partial charge in [-0.1, -0.05) is 30.6 Å². The zero-order valence-corrected chi connectivity index (χ0v) is 14.3. The van der Waals surface area contributed by atoms with Gasteiger partial charge in [-0.15, -0.1) is 5.10 Å². The fourth-order valence-electron chi connectivity index (χ4n) is 2.74. The Hall–Kier alpha value is -1.48. The van der Waals surface area contributed by atoms with E-state index >= 15 is 0 Å². The van der Waals surface area contributed by atoms with Gasteiger partial charge in [-0.3, -0.25) is 10.4 Å². The average molecular weight is 344 g/mol. The van der Waals surface area contributed by atoms with Gasteiger partial charge in [-0.25, -0.2) is 9.59 Å². The number of H-pyrrole nitrogens is 1. The number of ether oxygens (including phenoxy) is 1. The maximum Gasteiger partial charge on any atom is 0.328 e. The first-order valence-electron chi connectivity index (χ1n) is 7.25. The largest absolute Gasteiger partial charge is 0.467 e. The first-order valence-corrected chi connectivity index (χ1v) is 8.48. The highest BCUT2D eigenvalue weighted by Gasteiger charge is 2.34. The molecule has 0 unspecified atom stereocenters. The van der Waals surface area contributed by atoms with Gasteiger partial charge < -0.3 is 9.64 Å². The van der Waals surface area contributed by atoms with Gasteiger partial charge in [-0.05, 0) is 32.0 Å². The van der Waals surface area contributed by atoms with Gasteiger partial charge in [0.05, 0.1) is 7.11 Å². The topological polar surface area (TPSA) is 87.3 Å². The maximum absolute atomic E-state index is 12.6. The van der Waals surface area contributed by atoms with Crippen molar-refractivity contribution >= 4 is 40.7 Å². The lowest BCUT2D eigenvalue weighted by molar-refractivity contribution is -0.146. The van der Waals surface area contributed by atoms with E-state index in [1.165, 1.54) is 24.9 Å². The fourth-order valence-corrected chi connectivity index (χ4v) is 3.52. The molecule has 0 aromatic carbocycles. The summed E-state index contributed by atoms with van der Waals surface area (Å²) in [5.74, 6) is -0.421. The zero-order chi connectivity index (χ0) is 16.1. The molecule has 0 saturated heterocycles. The highest BCUT2D eigenvalue weighted by molar-refractivity contribution is 7.73. The molecule has 0 bridgehead atoms. The monoisotopic (exact) mass is 344 g/mol. The van der Waals surface area contributed by atoms with Crippen LogP contribution in [0.5, 0.6) is 0 Å². The van der Waals surface area contributed by atoms with Crippen LogP contribution in [0.1, 0.15) is 39.0 Å². The second-order valence-electron chi connectivity index (χ2n) is 5.25. The summed E-state index contributed by atoms with van der Waals surface area (Å²) < 4.78 is 5.28. The molecule has 7 nitrogen and oxygen atoms in total. The lowest BCUT2D eigenvalue weighted by Gasteiger charge is -2.37. The SMILES string of the molecule is COC(=O)[C@H](C)N(C(=O)Nc1n[nH]c(=S)s1)C1CCCCC1. The molecule has 0 aliphatic heterocycles. The molecule has 2 rings (SSSR count). The summed E-state index contributed by atoms with van der Waals surface area (Å²) in [5, 5.41) is 9.64. The highest BCUT2D eigenvalue weighted by Crippen LogP contribution is 2.25. The molecule has 1 saturated carbocycles. The number of carbonyl (C=O) groups is 2. The Balaban J connectivity index is 2.16. The number of rotatable bonds is 4. The van der Waals surface area contributed by atoms with Gasteiger partial charge in [0, 0.05) is 6.04 Å². The summed E-state index contributed by atoms with van der Waals surface area (Å²) >= 11 is 6.13. The maximum atomic E-state index is 12.6. The lowest BCUT2D eigenvalue weighted by Crippen LogP contribution is -2.52. The third kappa shape index (κ3) is 4.04. The Labute approximate surface area is 138 Å². The fraction of sp³-hybridized carbons (Fsp3) is 0.692. The summed E-state index contributed by atoms with van der Waals surface area (Å²) in [6.07, 6.45) is 5.07. The van der Waals surface area contributed by atoms with Crippen LogP contribution in [-0.2, 0) is 9.53 Å². The molecular weight excluding hydrogens is 324 g/mol. The number of aromatic amines is 1. The summed E-state index contributed by atoms with van der Waals surface area (Å²) in [4.78, 5) is 26.1. The Kier molecular flexibility index (Phi) is 5.90. The van der Waals surface area contributed by atoms with Crippen molar-refractivity contribution in [2.24, 2.45) is 0 Å². The van der Waals surface area contributed by atoms with Crippen LogP contribution in [0.15, 0.2) is 0 Å². The number of anilines is 1. The molecule has 0 radical (unpaired) electrons. The van der Waals surface area contributed by atoms with Crippen molar-refractivity contribution in [2.45, 2.75) is 51.1 Å². The number of nitrogens with zero attached hydrogens (tertiary/aromatic N) is 2. The van der Waals surface area contributed by atoms with Crippen LogP contribution in [0.4, 0.5) is 9.93 Å². The lowest BCUT2D eigenvalue weighted by atomic mass is 9.93. The second kappa shape index (κ2) is 7.68. The smallest absolute Gasteiger partial charge is 0.328 e. The number of nitrogens with one attached hydrogen (secondary N) is 2. The van der Waals surface area contributed by atoms with E-state index in [0.717, 1.165) is 25.7 Å². The molecule has 1 heterocycles. The van der Waals surface area contributed by atoms with Crippen LogP contribution >= 0.6 is 23.6 Å².